The fraction of sp³-hybridized carbons (Fsp3) is 0.340. The lowest BCUT2D eigenvalue weighted by Crippen LogP contribution is -2.49. The molecule has 15 nitrogen and oxygen atoms in total. The highest BCUT2D eigenvalue weighted by atomic mass is 19.4. The molecule has 0 spiro atoms. The molecule has 410 valence electrons. The Morgan fingerprint density at radius 1 is 0.377 bits per heavy atom. The van der Waals surface area contributed by atoms with Crippen molar-refractivity contribution in [3.8, 4) is 34.5 Å². The Labute approximate surface area is 436 Å². The molecule has 3 aliphatic rings. The lowest BCUT2D eigenvalue weighted by atomic mass is 10.1. The minimum atomic E-state index is -4.87. The summed E-state index contributed by atoms with van der Waals surface area (Å²) in [4.78, 5) is 50.3. The molecule has 5 aromatic rings. The molecule has 3 aliphatic heterocycles. The van der Waals surface area contributed by atoms with Gasteiger partial charge in [0.2, 0.25) is 0 Å². The Hall–Kier alpha value is -7.70. The highest BCUT2D eigenvalue weighted by Crippen LogP contribution is 2.32. The van der Waals surface area contributed by atoms with Gasteiger partial charge in [-0.05, 0) is 53.6 Å². The average molecular weight is 1090 g/mol. The van der Waals surface area contributed by atoms with Gasteiger partial charge in [0.05, 0.1) is 0 Å². The van der Waals surface area contributed by atoms with Crippen molar-refractivity contribution in [3.05, 3.63) is 143 Å². The molecule has 3 amide bonds. The number of hydrogen-bond acceptors (Lipinski definition) is 12. The van der Waals surface area contributed by atoms with E-state index in [4.69, 9.17) is 14.2 Å². The summed E-state index contributed by atoms with van der Waals surface area (Å²) in [6.07, 6.45) is -13.3. The smallest absolute Gasteiger partial charge is 0.410 e. The van der Waals surface area contributed by atoms with E-state index in [-0.39, 0.29) is 93.4 Å². The third-order valence-electron chi connectivity index (χ3n) is 12.5. The number of nitrogens with zero attached hydrogens (tertiary/aromatic N) is 6. The zero-order valence-electron chi connectivity index (χ0n) is 41.0. The molecule has 8 rings (SSSR count). The summed E-state index contributed by atoms with van der Waals surface area (Å²) in [5, 5.41) is 0. The lowest BCUT2D eigenvalue weighted by Gasteiger charge is -2.34. The van der Waals surface area contributed by atoms with Gasteiger partial charge in [0.25, 0.3) is 0 Å². The SMILES string of the molecule is O=C(Oc1ccc(/C=C/c2cc(OC(=O)N3CCN(Cc4ccccc4OC(F)(F)F)CC3)cc(OC(=O)N3CCN(Cc4ccccc4OC(F)(F)F)CC3)c2)cc1)N1CCN(Cc2ccccc2OC(F)(F)F)CC1. The summed E-state index contributed by atoms with van der Waals surface area (Å²) >= 11 is 0. The van der Waals surface area contributed by atoms with Crippen molar-refractivity contribution in [2.45, 2.75) is 38.7 Å². The van der Waals surface area contributed by atoms with E-state index in [1.165, 1.54) is 69.3 Å². The van der Waals surface area contributed by atoms with Crippen molar-refractivity contribution in [1.29, 1.82) is 0 Å². The highest BCUT2D eigenvalue weighted by molar-refractivity contribution is 5.76. The maximum atomic E-state index is 13.6. The second kappa shape index (κ2) is 24.5. The lowest BCUT2D eigenvalue weighted by molar-refractivity contribution is -0.276. The monoisotopic (exact) mass is 1090 g/mol. The second-order valence-electron chi connectivity index (χ2n) is 18.0. The van der Waals surface area contributed by atoms with Crippen LogP contribution in [0, 0.1) is 0 Å². The van der Waals surface area contributed by atoms with Gasteiger partial charge < -0.3 is 43.1 Å². The first kappa shape index (κ1) is 55.5. The van der Waals surface area contributed by atoms with Crippen LogP contribution in [-0.2, 0) is 19.6 Å². The summed E-state index contributed by atoms with van der Waals surface area (Å²) in [6.45, 7) is 3.73. The first-order valence-electron chi connectivity index (χ1n) is 24.2. The molecule has 0 aromatic heterocycles. The Balaban J connectivity index is 0.888. The van der Waals surface area contributed by atoms with Gasteiger partial charge in [-0.25, -0.2) is 14.4 Å². The molecule has 3 saturated heterocycles. The molecule has 77 heavy (non-hydrogen) atoms. The number of amides is 3. The van der Waals surface area contributed by atoms with Crippen LogP contribution in [0.1, 0.15) is 27.8 Å². The third-order valence-corrected chi connectivity index (χ3v) is 12.5. The van der Waals surface area contributed by atoms with Gasteiger partial charge in [0.15, 0.2) is 0 Å². The maximum absolute atomic E-state index is 13.6. The van der Waals surface area contributed by atoms with Gasteiger partial charge in [0, 0.05) is 121 Å². The van der Waals surface area contributed by atoms with E-state index in [1.807, 2.05) is 14.7 Å². The molecule has 0 aliphatic carbocycles. The zero-order valence-corrected chi connectivity index (χ0v) is 41.0. The van der Waals surface area contributed by atoms with Crippen molar-refractivity contribution in [3.63, 3.8) is 0 Å². The molecular formula is C53H51F9N6O9. The van der Waals surface area contributed by atoms with Crippen molar-refractivity contribution in [1.82, 2.24) is 29.4 Å². The third kappa shape index (κ3) is 16.9. The zero-order chi connectivity index (χ0) is 54.7. The van der Waals surface area contributed by atoms with E-state index in [0.717, 1.165) is 0 Å². The standard InChI is InChI=1S/C53H51F9N6O9/c54-51(55,56)75-45-10-4-1-7-39(45)34-63-19-25-66(26-20-63)48(69)72-42-17-15-37(16-18-42)13-14-38-31-43(73-49(70)67-27-21-64(22-28-67)35-40-8-2-5-11-46(40)76-52(57,58)59)33-44(32-38)74-50(71)68-29-23-65(24-30-68)36-41-9-3-6-12-47(41)77-53(60,61)62/h1-18,31-33H,19-30,34-36H2/b14-13+. The van der Waals surface area contributed by atoms with Crippen LogP contribution in [-0.4, -0.2) is 145 Å². The van der Waals surface area contributed by atoms with Crippen LogP contribution in [0.15, 0.2) is 115 Å². The van der Waals surface area contributed by atoms with E-state index >= 15 is 0 Å². The van der Waals surface area contributed by atoms with Crippen molar-refractivity contribution in [2.24, 2.45) is 0 Å². The van der Waals surface area contributed by atoms with Crippen LogP contribution in [0.2, 0.25) is 0 Å². The summed E-state index contributed by atoms with van der Waals surface area (Å²) in [7, 11) is 0. The van der Waals surface area contributed by atoms with E-state index in [1.54, 1.807) is 72.8 Å². The predicted molar refractivity (Wildman–Crippen MR) is 260 cm³/mol. The Morgan fingerprint density at radius 3 is 1.00 bits per heavy atom. The van der Waals surface area contributed by atoms with Gasteiger partial charge >= 0.3 is 37.4 Å². The number of carbonyl (C=O) groups is 3. The molecule has 3 heterocycles. The normalized spacial score (nSPS) is 16.3. The van der Waals surface area contributed by atoms with Crippen molar-refractivity contribution in [2.75, 3.05) is 78.5 Å². The highest BCUT2D eigenvalue weighted by Gasteiger charge is 2.35. The number of ether oxygens (including phenoxy) is 6. The van der Waals surface area contributed by atoms with Gasteiger partial charge in [-0.3, -0.25) is 14.7 Å². The van der Waals surface area contributed by atoms with Crippen LogP contribution in [0.4, 0.5) is 53.9 Å². The molecule has 0 radical (unpaired) electrons. The van der Waals surface area contributed by atoms with Crippen molar-refractivity contribution < 1.29 is 82.3 Å². The summed E-state index contributed by atoms with van der Waals surface area (Å²) in [6, 6.07) is 28.5. The first-order valence-corrected chi connectivity index (χ1v) is 24.2. The number of alkyl halides is 9. The molecule has 0 bridgehead atoms. The largest absolute Gasteiger partial charge is 0.573 e. The van der Waals surface area contributed by atoms with E-state index < -0.39 is 37.4 Å². The van der Waals surface area contributed by atoms with Crippen molar-refractivity contribution >= 4 is 30.4 Å². The summed E-state index contributed by atoms with van der Waals surface area (Å²) in [5.41, 5.74) is 2.10. The van der Waals surface area contributed by atoms with Gasteiger partial charge in [0.1, 0.15) is 34.5 Å². The number of benzene rings is 5. The molecule has 5 aromatic carbocycles. The Kier molecular flexibility index (Phi) is 17.7. The molecule has 0 N–H and O–H groups in total. The van der Waals surface area contributed by atoms with E-state index in [0.29, 0.717) is 67.1 Å². The molecule has 0 saturated carbocycles. The molecule has 3 fully saturated rings. The number of para-hydroxylation sites is 3. The Morgan fingerprint density at radius 2 is 0.675 bits per heavy atom. The number of rotatable bonds is 14. The summed E-state index contributed by atoms with van der Waals surface area (Å²) in [5.74, 6) is -0.627. The van der Waals surface area contributed by atoms with Gasteiger partial charge in [-0.15, -0.1) is 39.5 Å². The predicted octanol–water partition coefficient (Wildman–Crippen LogP) is 10.5. The van der Waals surface area contributed by atoms with Crippen LogP contribution < -0.4 is 28.4 Å². The number of halogens is 9. The molecular weight excluding hydrogens is 1040 g/mol. The van der Waals surface area contributed by atoms with E-state index in [9.17, 15) is 53.9 Å². The van der Waals surface area contributed by atoms with E-state index in [2.05, 4.69) is 14.2 Å². The van der Waals surface area contributed by atoms with Crippen LogP contribution >= 0.6 is 0 Å². The van der Waals surface area contributed by atoms with Crippen LogP contribution in [0.5, 0.6) is 34.5 Å². The summed E-state index contributed by atoms with van der Waals surface area (Å²) < 4.78 is 147. The second-order valence-corrected chi connectivity index (χ2v) is 18.0. The minimum absolute atomic E-state index is 0.0218. The van der Waals surface area contributed by atoms with Gasteiger partial charge in [-0.1, -0.05) is 78.9 Å². The first-order chi connectivity index (χ1) is 36.7. The maximum Gasteiger partial charge on any atom is 0.573 e. The molecule has 0 atom stereocenters. The molecule has 0 unspecified atom stereocenters. The number of hydrogen-bond donors (Lipinski definition) is 0. The fourth-order valence-corrected chi connectivity index (χ4v) is 8.71. The quantitative estimate of drug-likeness (QED) is 0.0776. The van der Waals surface area contributed by atoms with Crippen LogP contribution in [0.25, 0.3) is 12.2 Å². The molecule has 24 heteroatoms. The van der Waals surface area contributed by atoms with Crippen LogP contribution in [0.3, 0.4) is 0 Å². The average Bonchev–Trinajstić information content (AvgIpc) is 3.37. The minimum Gasteiger partial charge on any atom is -0.410 e. The number of carbonyl (C=O) groups excluding carboxylic acids is 3. The number of piperazine rings is 3. The Bertz CT molecular complexity index is 2730. The topological polar surface area (TPSA) is 126 Å². The fourth-order valence-electron chi connectivity index (χ4n) is 8.71. The van der Waals surface area contributed by atoms with Gasteiger partial charge in [-0.2, -0.15) is 0 Å².